The molecule has 1 unspecified atom stereocenters. The van der Waals surface area contributed by atoms with Gasteiger partial charge in [0, 0.05) is 9.90 Å². The fourth-order valence-electron chi connectivity index (χ4n) is 2.47. The normalized spacial score (nSPS) is 18.2. The lowest BCUT2D eigenvalue weighted by Crippen LogP contribution is -2.15. The van der Waals surface area contributed by atoms with E-state index in [1.165, 1.54) is 16.9 Å². The van der Waals surface area contributed by atoms with Crippen molar-refractivity contribution in [2.24, 2.45) is 0 Å². The lowest BCUT2D eigenvalue weighted by Gasteiger charge is -2.25. The van der Waals surface area contributed by atoms with Gasteiger partial charge >= 0.3 is 0 Å². The molecule has 1 aliphatic rings. The Labute approximate surface area is 131 Å². The molecular weight excluding hydrogens is 321 g/mol. The number of hydrogen-bond donors (Lipinski definition) is 1. The average Bonchev–Trinajstić information content (AvgIpc) is 2.75. The highest BCUT2D eigenvalue weighted by molar-refractivity contribution is 7.16. The van der Waals surface area contributed by atoms with Crippen LogP contribution in [0.1, 0.15) is 29.3 Å². The van der Waals surface area contributed by atoms with Crippen molar-refractivity contribution >= 4 is 51.8 Å². The van der Waals surface area contributed by atoms with Crippen LogP contribution in [0.4, 0.5) is 5.69 Å². The number of aryl methyl sites for hydroxylation is 1. The van der Waals surface area contributed by atoms with Gasteiger partial charge in [-0.05, 0) is 49.1 Å². The first kappa shape index (κ1) is 13.6. The number of anilines is 1. The lowest BCUT2D eigenvalue weighted by atomic mass is 9.94. The summed E-state index contributed by atoms with van der Waals surface area (Å²) in [7, 11) is 0. The van der Waals surface area contributed by atoms with E-state index in [2.05, 4.69) is 11.4 Å². The zero-order valence-corrected chi connectivity index (χ0v) is 13.1. The topological polar surface area (TPSA) is 12.0 Å². The number of nitrogens with one attached hydrogen (secondary N) is 1. The summed E-state index contributed by atoms with van der Waals surface area (Å²) in [5, 5.41) is 4.87. The molecule has 1 aliphatic carbocycles. The lowest BCUT2D eigenvalue weighted by molar-refractivity contribution is 0.609. The van der Waals surface area contributed by atoms with Crippen LogP contribution < -0.4 is 5.32 Å². The fraction of sp³-hybridized carbons (Fsp3) is 0.286. The Hall–Kier alpha value is -0.410. The smallest absolute Gasteiger partial charge is 0.0934 e. The van der Waals surface area contributed by atoms with Crippen molar-refractivity contribution in [3.63, 3.8) is 0 Å². The molecular formula is C14H12Cl3NS. The summed E-state index contributed by atoms with van der Waals surface area (Å²) in [6, 6.07) is 7.81. The second-order valence-electron chi connectivity index (χ2n) is 4.64. The van der Waals surface area contributed by atoms with Gasteiger partial charge in [0.2, 0.25) is 0 Å². The largest absolute Gasteiger partial charge is 0.377 e. The Morgan fingerprint density at radius 2 is 2.00 bits per heavy atom. The van der Waals surface area contributed by atoms with E-state index in [1.807, 2.05) is 12.1 Å². The molecule has 0 fully saturated rings. The van der Waals surface area contributed by atoms with Gasteiger partial charge in [0.05, 0.1) is 21.1 Å². The quantitative estimate of drug-likeness (QED) is 0.690. The molecule has 3 rings (SSSR count). The van der Waals surface area contributed by atoms with Crippen LogP contribution in [0.2, 0.25) is 14.4 Å². The van der Waals surface area contributed by atoms with Crippen molar-refractivity contribution < 1.29 is 0 Å². The van der Waals surface area contributed by atoms with Crippen LogP contribution in [0.25, 0.3) is 0 Å². The molecule has 0 spiro atoms. The Balaban J connectivity index is 1.90. The van der Waals surface area contributed by atoms with Gasteiger partial charge in [0.25, 0.3) is 0 Å². The van der Waals surface area contributed by atoms with Crippen molar-refractivity contribution in [2.45, 2.75) is 25.3 Å². The highest BCUT2D eigenvalue weighted by Gasteiger charge is 2.23. The molecule has 0 aliphatic heterocycles. The van der Waals surface area contributed by atoms with Gasteiger partial charge in [-0.25, -0.2) is 0 Å². The molecule has 1 aromatic heterocycles. The SMILES string of the molecule is Clc1ccc(Cl)c(NC2CCCc3sc(Cl)cc32)c1. The van der Waals surface area contributed by atoms with Crippen molar-refractivity contribution in [3.8, 4) is 0 Å². The molecule has 0 saturated heterocycles. The molecule has 1 heterocycles. The summed E-state index contributed by atoms with van der Waals surface area (Å²) in [5.41, 5.74) is 2.19. The van der Waals surface area contributed by atoms with E-state index in [0.29, 0.717) is 10.0 Å². The third-order valence-corrected chi connectivity index (χ3v) is 5.25. The van der Waals surface area contributed by atoms with Crippen LogP contribution in [0.15, 0.2) is 24.3 Å². The van der Waals surface area contributed by atoms with Crippen LogP contribution in [-0.4, -0.2) is 0 Å². The van der Waals surface area contributed by atoms with Gasteiger partial charge < -0.3 is 5.32 Å². The fourth-order valence-corrected chi connectivity index (χ4v) is 4.19. The van der Waals surface area contributed by atoms with Gasteiger partial charge in [-0.15, -0.1) is 11.3 Å². The van der Waals surface area contributed by atoms with Crippen molar-refractivity contribution in [1.82, 2.24) is 0 Å². The van der Waals surface area contributed by atoms with E-state index in [4.69, 9.17) is 34.8 Å². The van der Waals surface area contributed by atoms with Gasteiger partial charge in [-0.1, -0.05) is 34.8 Å². The van der Waals surface area contributed by atoms with Gasteiger partial charge in [0.1, 0.15) is 0 Å². The molecule has 100 valence electrons. The molecule has 1 N–H and O–H groups in total. The Morgan fingerprint density at radius 3 is 2.84 bits per heavy atom. The van der Waals surface area contributed by atoms with Crippen LogP contribution in [0.3, 0.4) is 0 Å². The van der Waals surface area contributed by atoms with E-state index >= 15 is 0 Å². The van der Waals surface area contributed by atoms with Crippen LogP contribution >= 0.6 is 46.1 Å². The van der Waals surface area contributed by atoms with E-state index in [9.17, 15) is 0 Å². The first-order valence-electron chi connectivity index (χ1n) is 6.13. The van der Waals surface area contributed by atoms with E-state index in [0.717, 1.165) is 22.9 Å². The van der Waals surface area contributed by atoms with Gasteiger partial charge in [-0.2, -0.15) is 0 Å². The highest BCUT2D eigenvalue weighted by atomic mass is 35.5. The highest BCUT2D eigenvalue weighted by Crippen LogP contribution is 2.40. The molecule has 1 atom stereocenters. The molecule has 0 bridgehead atoms. The molecule has 0 saturated carbocycles. The summed E-state index contributed by atoms with van der Waals surface area (Å²) in [5.74, 6) is 0. The maximum atomic E-state index is 6.20. The summed E-state index contributed by atoms with van der Waals surface area (Å²) < 4.78 is 0.857. The van der Waals surface area contributed by atoms with E-state index in [-0.39, 0.29) is 6.04 Å². The minimum absolute atomic E-state index is 0.267. The van der Waals surface area contributed by atoms with Crippen LogP contribution in [-0.2, 0) is 6.42 Å². The molecule has 1 aromatic carbocycles. The molecule has 2 aromatic rings. The van der Waals surface area contributed by atoms with Crippen LogP contribution in [0.5, 0.6) is 0 Å². The number of thiophene rings is 1. The van der Waals surface area contributed by atoms with Gasteiger partial charge in [-0.3, -0.25) is 0 Å². The zero-order chi connectivity index (χ0) is 13.4. The summed E-state index contributed by atoms with van der Waals surface area (Å²) >= 11 is 20.0. The molecule has 0 amide bonds. The summed E-state index contributed by atoms with van der Waals surface area (Å²) in [6.45, 7) is 0. The average molecular weight is 333 g/mol. The van der Waals surface area contributed by atoms with E-state index in [1.54, 1.807) is 17.4 Å². The maximum absolute atomic E-state index is 6.20. The minimum Gasteiger partial charge on any atom is -0.377 e. The minimum atomic E-state index is 0.267. The molecule has 19 heavy (non-hydrogen) atoms. The number of halogens is 3. The van der Waals surface area contributed by atoms with Crippen molar-refractivity contribution in [2.75, 3.05) is 5.32 Å². The number of rotatable bonds is 2. The predicted molar refractivity (Wildman–Crippen MR) is 85.1 cm³/mol. The Bertz CT molecular complexity index is 609. The Morgan fingerprint density at radius 1 is 1.16 bits per heavy atom. The summed E-state index contributed by atoms with van der Waals surface area (Å²) in [4.78, 5) is 1.38. The standard InChI is InChI=1S/C14H12Cl3NS/c15-8-4-5-10(16)12(6-8)18-11-2-1-3-13-9(11)7-14(17)19-13/h4-7,11,18H,1-3H2. The monoisotopic (exact) mass is 331 g/mol. The third-order valence-electron chi connectivity index (χ3n) is 3.34. The van der Waals surface area contributed by atoms with Crippen molar-refractivity contribution in [1.29, 1.82) is 0 Å². The second-order valence-corrected chi connectivity index (χ2v) is 7.25. The number of benzene rings is 1. The Kier molecular flexibility index (Phi) is 3.95. The molecule has 5 heteroatoms. The van der Waals surface area contributed by atoms with Crippen LogP contribution in [0, 0.1) is 0 Å². The number of hydrogen-bond acceptors (Lipinski definition) is 2. The first-order chi connectivity index (χ1) is 9.13. The number of fused-ring (bicyclic) bond motifs is 1. The first-order valence-corrected chi connectivity index (χ1v) is 8.08. The zero-order valence-electron chi connectivity index (χ0n) is 10.1. The van der Waals surface area contributed by atoms with Gasteiger partial charge in [0.15, 0.2) is 0 Å². The molecule has 1 nitrogen and oxygen atoms in total. The maximum Gasteiger partial charge on any atom is 0.0934 e. The predicted octanol–water partition coefficient (Wildman–Crippen LogP) is 6.20. The van der Waals surface area contributed by atoms with Crippen molar-refractivity contribution in [3.05, 3.63) is 49.1 Å². The second kappa shape index (κ2) is 5.53. The molecule has 0 radical (unpaired) electrons. The third kappa shape index (κ3) is 2.87. The summed E-state index contributed by atoms with van der Waals surface area (Å²) in [6.07, 6.45) is 3.37. The van der Waals surface area contributed by atoms with E-state index < -0.39 is 0 Å².